The lowest BCUT2D eigenvalue weighted by Gasteiger charge is -2.40. The summed E-state index contributed by atoms with van der Waals surface area (Å²) in [7, 11) is -1.79. The van der Waals surface area contributed by atoms with E-state index in [0.717, 1.165) is 62.9 Å². The average molecular weight is 707 g/mol. The number of ketones is 2. The van der Waals surface area contributed by atoms with Crippen molar-refractivity contribution < 1.29 is 28.6 Å². The topological polar surface area (TPSA) is 82.1 Å². The molecule has 0 amide bonds. The Bertz CT molecular complexity index is 1480. The van der Waals surface area contributed by atoms with Crippen LogP contribution in [-0.4, -0.2) is 49.4 Å². The summed E-state index contributed by atoms with van der Waals surface area (Å²) in [6.07, 6.45) is 9.16. The first kappa shape index (κ1) is 40.3. The SMILES string of the molecule is C.CC[C@@H]1[C@H]2c3cccc(CCCC(C)=O)c3O[C@H]2C[C@H]1O.CC[C@@H]1[C@H]2c3cccc(CCCC(C)=O)c3O[C@H]2C[C@H]1O[Si](C)(C)C(C)(C)C. The molecule has 8 atom stereocenters. The molecule has 0 unspecified atom stereocenters. The molecule has 0 radical (unpaired) electrons. The molecule has 6 rings (SSSR count). The molecule has 2 aromatic carbocycles. The molecule has 4 aliphatic rings. The molecule has 2 fully saturated rings. The van der Waals surface area contributed by atoms with E-state index in [4.69, 9.17) is 13.9 Å². The van der Waals surface area contributed by atoms with Crippen molar-refractivity contribution in [3.63, 3.8) is 0 Å². The predicted molar refractivity (Wildman–Crippen MR) is 206 cm³/mol. The number of hydrogen-bond donors (Lipinski definition) is 1. The Hall–Kier alpha value is -2.48. The van der Waals surface area contributed by atoms with Crippen molar-refractivity contribution in [2.75, 3.05) is 0 Å². The zero-order valence-electron chi connectivity index (χ0n) is 31.6. The van der Waals surface area contributed by atoms with E-state index in [2.05, 4.69) is 84.1 Å². The first-order valence-corrected chi connectivity index (χ1v) is 22.0. The molecule has 1 N–H and O–H groups in total. The number of carbonyl (C=O) groups is 2. The maximum atomic E-state index is 11.3. The van der Waals surface area contributed by atoms with Crippen LogP contribution in [-0.2, 0) is 26.9 Å². The molecule has 6 nitrogen and oxygen atoms in total. The number of aryl methyl sites for hydroxylation is 2. The molecular formula is C43H66O6Si. The van der Waals surface area contributed by atoms with Gasteiger partial charge in [-0.15, -0.1) is 0 Å². The van der Waals surface area contributed by atoms with E-state index in [1.54, 1.807) is 13.8 Å². The summed E-state index contributed by atoms with van der Waals surface area (Å²) >= 11 is 0. The van der Waals surface area contributed by atoms with E-state index in [9.17, 15) is 14.7 Å². The summed E-state index contributed by atoms with van der Waals surface area (Å²) in [4.78, 5) is 22.4. The van der Waals surface area contributed by atoms with Crippen molar-refractivity contribution in [1.29, 1.82) is 0 Å². The van der Waals surface area contributed by atoms with Gasteiger partial charge in [0.1, 0.15) is 35.3 Å². The molecule has 0 aromatic heterocycles. The predicted octanol–water partition coefficient (Wildman–Crippen LogP) is 10.1. The normalized spacial score (nSPS) is 27.5. The van der Waals surface area contributed by atoms with Gasteiger partial charge in [-0.1, -0.05) is 91.3 Å². The molecule has 278 valence electrons. The Morgan fingerprint density at radius 2 is 1.26 bits per heavy atom. The smallest absolute Gasteiger partial charge is 0.192 e. The van der Waals surface area contributed by atoms with Gasteiger partial charge in [0.2, 0.25) is 0 Å². The molecule has 0 spiro atoms. The van der Waals surface area contributed by atoms with Crippen LogP contribution in [0.4, 0.5) is 0 Å². The third kappa shape index (κ3) is 8.42. The number of benzene rings is 2. The second-order valence-corrected chi connectivity index (χ2v) is 21.5. The van der Waals surface area contributed by atoms with Gasteiger partial charge in [0, 0.05) is 48.6 Å². The van der Waals surface area contributed by atoms with Crippen molar-refractivity contribution in [2.24, 2.45) is 11.8 Å². The molecule has 50 heavy (non-hydrogen) atoms. The summed E-state index contributed by atoms with van der Waals surface area (Å²) in [6, 6.07) is 12.9. The lowest BCUT2D eigenvalue weighted by atomic mass is 9.85. The molecule has 0 saturated heterocycles. The monoisotopic (exact) mass is 706 g/mol. The van der Waals surface area contributed by atoms with Crippen LogP contribution in [0.2, 0.25) is 18.1 Å². The largest absolute Gasteiger partial charge is 0.489 e. The van der Waals surface area contributed by atoms with Crippen LogP contribution in [0.5, 0.6) is 11.5 Å². The Labute approximate surface area is 304 Å². The minimum atomic E-state index is -1.79. The minimum absolute atomic E-state index is 0. The highest BCUT2D eigenvalue weighted by molar-refractivity contribution is 6.74. The highest BCUT2D eigenvalue weighted by Crippen LogP contribution is 2.55. The average Bonchev–Trinajstić information content (AvgIpc) is 3.74. The van der Waals surface area contributed by atoms with Crippen LogP contribution in [0.25, 0.3) is 0 Å². The minimum Gasteiger partial charge on any atom is -0.489 e. The number of Topliss-reactive ketones (excluding diaryl/α,β-unsaturated/α-hetero) is 2. The lowest BCUT2D eigenvalue weighted by molar-refractivity contribution is -0.117. The van der Waals surface area contributed by atoms with Gasteiger partial charge in [0.05, 0.1) is 12.2 Å². The lowest BCUT2D eigenvalue weighted by Crippen LogP contribution is -2.45. The molecule has 2 aliphatic carbocycles. The van der Waals surface area contributed by atoms with E-state index in [0.29, 0.717) is 42.6 Å². The number of carbonyl (C=O) groups excluding carboxylic acids is 2. The second-order valence-electron chi connectivity index (χ2n) is 16.7. The summed E-state index contributed by atoms with van der Waals surface area (Å²) < 4.78 is 19.6. The quantitative estimate of drug-likeness (QED) is 0.221. The number of aliphatic hydroxyl groups excluding tert-OH is 1. The third-order valence-electron chi connectivity index (χ3n) is 12.3. The Kier molecular flexibility index (Phi) is 13.3. The van der Waals surface area contributed by atoms with Gasteiger partial charge >= 0.3 is 0 Å². The van der Waals surface area contributed by atoms with Crippen molar-refractivity contribution >= 4 is 19.9 Å². The molecule has 7 heteroatoms. The maximum Gasteiger partial charge on any atom is 0.192 e. The summed E-state index contributed by atoms with van der Waals surface area (Å²) in [5.41, 5.74) is 5.12. The van der Waals surface area contributed by atoms with Gasteiger partial charge in [-0.2, -0.15) is 0 Å². The van der Waals surface area contributed by atoms with Gasteiger partial charge in [-0.05, 0) is 80.6 Å². The van der Waals surface area contributed by atoms with Crippen LogP contribution < -0.4 is 9.47 Å². The number of ether oxygens (including phenoxy) is 2. The van der Waals surface area contributed by atoms with E-state index in [1.807, 2.05) is 0 Å². The molecular weight excluding hydrogens is 641 g/mol. The molecule has 2 aromatic rings. The van der Waals surface area contributed by atoms with Crippen molar-refractivity contribution in [1.82, 2.24) is 0 Å². The standard InChI is InChI=1S/C24H38O3Si.C18H24O3.CH4/c1-8-18-20(27-28(6,7)24(3,4)5)15-21-22(18)19-14-10-13-17(23(19)26-21)12-9-11-16(2)25;1-3-13-15(20)10-16-17(13)14-9-5-8-12(18(14)21-16)7-4-6-11(2)19;/h10,13-14,18,20-22H,8-9,11-12,15H2,1-7H3;5,8-9,13,15-17,20H,3-4,6-7,10H2,1-2H3;1H4/t18-,20+,21-,22-;13-,15+,16-,17-;/m00./s1. The molecule has 2 aliphatic heterocycles. The van der Waals surface area contributed by atoms with Crippen molar-refractivity contribution in [2.45, 2.75) is 174 Å². The number of para-hydroxylation sites is 2. The second kappa shape index (κ2) is 16.5. The molecule has 2 heterocycles. The number of rotatable bonds is 12. The van der Waals surface area contributed by atoms with Crippen LogP contribution in [0.1, 0.15) is 141 Å². The van der Waals surface area contributed by atoms with Gasteiger partial charge in [0.25, 0.3) is 0 Å². The van der Waals surface area contributed by atoms with Gasteiger partial charge < -0.3 is 28.6 Å². The Morgan fingerprint density at radius 1 is 0.800 bits per heavy atom. The van der Waals surface area contributed by atoms with Gasteiger partial charge in [0.15, 0.2) is 8.32 Å². The fourth-order valence-corrected chi connectivity index (χ4v) is 10.1. The van der Waals surface area contributed by atoms with Crippen molar-refractivity contribution in [3.05, 3.63) is 58.7 Å². The van der Waals surface area contributed by atoms with Gasteiger partial charge in [-0.3, -0.25) is 0 Å². The zero-order chi connectivity index (χ0) is 35.7. The molecule has 0 bridgehead atoms. The van der Waals surface area contributed by atoms with E-state index < -0.39 is 8.32 Å². The maximum absolute atomic E-state index is 11.3. The first-order valence-electron chi connectivity index (χ1n) is 19.1. The third-order valence-corrected chi connectivity index (χ3v) is 16.8. The Morgan fingerprint density at radius 3 is 1.70 bits per heavy atom. The fourth-order valence-electron chi connectivity index (χ4n) is 8.74. The number of aliphatic hydroxyl groups is 1. The van der Waals surface area contributed by atoms with Gasteiger partial charge in [-0.25, -0.2) is 0 Å². The Balaban J connectivity index is 0.000000229. The molecule has 2 saturated carbocycles. The first-order chi connectivity index (χ1) is 23.2. The van der Waals surface area contributed by atoms with Crippen LogP contribution in [0, 0.1) is 11.8 Å². The number of fused-ring (bicyclic) bond motifs is 6. The highest BCUT2D eigenvalue weighted by atomic mass is 28.4. The van der Waals surface area contributed by atoms with Crippen LogP contribution >= 0.6 is 0 Å². The summed E-state index contributed by atoms with van der Waals surface area (Å²) in [5, 5.41) is 10.4. The highest BCUT2D eigenvalue weighted by Gasteiger charge is 2.53. The van der Waals surface area contributed by atoms with E-state index >= 15 is 0 Å². The summed E-state index contributed by atoms with van der Waals surface area (Å²) in [5.74, 6) is 4.26. The zero-order valence-corrected chi connectivity index (χ0v) is 32.6. The van der Waals surface area contributed by atoms with Crippen molar-refractivity contribution in [3.8, 4) is 11.5 Å². The van der Waals surface area contributed by atoms with E-state index in [1.165, 1.54) is 22.3 Å². The number of hydrogen-bond acceptors (Lipinski definition) is 6. The van der Waals surface area contributed by atoms with Crippen LogP contribution in [0.3, 0.4) is 0 Å². The fraction of sp³-hybridized carbons (Fsp3) is 0.674. The van der Waals surface area contributed by atoms with E-state index in [-0.39, 0.29) is 42.3 Å². The summed E-state index contributed by atoms with van der Waals surface area (Å²) in [6.45, 7) is 19.4. The van der Waals surface area contributed by atoms with Crippen LogP contribution in [0.15, 0.2) is 36.4 Å².